The third kappa shape index (κ3) is 2.31. The van der Waals surface area contributed by atoms with E-state index in [1.54, 1.807) is 12.5 Å². The molecule has 4 aromatic heterocycles. The van der Waals surface area contributed by atoms with Gasteiger partial charge in [-0.15, -0.1) is 10.2 Å². The van der Waals surface area contributed by atoms with Crippen LogP contribution in [0.4, 0.5) is 5.95 Å². The summed E-state index contributed by atoms with van der Waals surface area (Å²) >= 11 is 0. The zero-order valence-electron chi connectivity index (χ0n) is 13.8. The molecule has 0 aliphatic carbocycles. The second kappa shape index (κ2) is 5.49. The highest BCUT2D eigenvalue weighted by molar-refractivity contribution is 5.91. The predicted molar refractivity (Wildman–Crippen MR) is 93.4 cm³/mol. The molecule has 1 aliphatic rings. The van der Waals surface area contributed by atoms with E-state index in [2.05, 4.69) is 42.0 Å². The summed E-state index contributed by atoms with van der Waals surface area (Å²) in [5.74, 6) is 0.767. The number of hydrogen-bond acceptors (Lipinski definition) is 7. The van der Waals surface area contributed by atoms with Gasteiger partial charge in [0.2, 0.25) is 5.95 Å². The number of anilines is 1. The van der Waals surface area contributed by atoms with Gasteiger partial charge in [-0.2, -0.15) is 0 Å². The number of nitrogens with one attached hydrogen (secondary N) is 1. The lowest BCUT2D eigenvalue weighted by molar-refractivity contribution is 0.311. The maximum Gasteiger partial charge on any atom is 0.225 e. The number of aromatic amines is 1. The smallest absolute Gasteiger partial charge is 0.225 e. The Balaban J connectivity index is 1.61. The van der Waals surface area contributed by atoms with Crippen molar-refractivity contribution in [3.63, 3.8) is 0 Å². The van der Waals surface area contributed by atoms with E-state index < -0.39 is 0 Å². The van der Waals surface area contributed by atoms with E-state index in [0.717, 1.165) is 54.5 Å². The molecule has 0 saturated carbocycles. The highest BCUT2D eigenvalue weighted by atomic mass is 15.3. The largest absolute Gasteiger partial charge is 0.344 e. The minimum atomic E-state index is 0.710. The van der Waals surface area contributed by atoms with Crippen molar-refractivity contribution in [2.24, 2.45) is 0 Å². The summed E-state index contributed by atoms with van der Waals surface area (Å²) in [5.41, 5.74) is 4.23. The molecule has 1 N–H and O–H groups in total. The van der Waals surface area contributed by atoms with Gasteiger partial charge in [0.25, 0.3) is 0 Å². The van der Waals surface area contributed by atoms with E-state index in [1.807, 2.05) is 22.9 Å². The van der Waals surface area contributed by atoms with Crippen molar-refractivity contribution in [3.8, 4) is 11.3 Å². The molecule has 1 aliphatic heterocycles. The standard InChI is InChI=1S/C16H17N9/c1-23-4-6-24(7-5-23)16-17-3-2-12(21-16)11-8-18-15-14(11)25-10-20-22-13(25)9-19-15/h2-3,8-10,18H,4-7H2,1H3. The van der Waals surface area contributed by atoms with Crippen molar-refractivity contribution < 1.29 is 0 Å². The van der Waals surface area contributed by atoms with Crippen LogP contribution in [0, 0.1) is 0 Å². The van der Waals surface area contributed by atoms with Crippen LogP contribution in [0.1, 0.15) is 0 Å². The van der Waals surface area contributed by atoms with Crippen molar-refractivity contribution in [1.29, 1.82) is 0 Å². The van der Waals surface area contributed by atoms with E-state index >= 15 is 0 Å². The highest BCUT2D eigenvalue weighted by Gasteiger charge is 2.18. The van der Waals surface area contributed by atoms with Crippen molar-refractivity contribution >= 4 is 22.8 Å². The summed E-state index contributed by atoms with van der Waals surface area (Å²) in [6, 6.07) is 1.92. The first kappa shape index (κ1) is 14.3. The van der Waals surface area contributed by atoms with Gasteiger partial charge in [-0.05, 0) is 13.1 Å². The molecule has 0 amide bonds. The van der Waals surface area contributed by atoms with E-state index in [1.165, 1.54) is 0 Å². The lowest BCUT2D eigenvalue weighted by atomic mass is 10.2. The van der Waals surface area contributed by atoms with Crippen LogP contribution in [0.3, 0.4) is 0 Å². The Morgan fingerprint density at radius 2 is 2.00 bits per heavy atom. The Morgan fingerprint density at radius 1 is 1.12 bits per heavy atom. The zero-order chi connectivity index (χ0) is 16.8. The Kier molecular flexibility index (Phi) is 3.14. The molecule has 5 rings (SSSR count). The monoisotopic (exact) mass is 335 g/mol. The fourth-order valence-corrected chi connectivity index (χ4v) is 3.23. The number of hydrogen-bond donors (Lipinski definition) is 1. The second-order valence-electron chi connectivity index (χ2n) is 6.25. The molecule has 0 radical (unpaired) electrons. The van der Waals surface area contributed by atoms with Crippen LogP contribution in [0.2, 0.25) is 0 Å². The maximum atomic E-state index is 4.80. The molecular weight excluding hydrogens is 318 g/mol. The summed E-state index contributed by atoms with van der Waals surface area (Å²) in [4.78, 5) is 21.4. The fraction of sp³-hybridized carbons (Fsp3) is 0.312. The number of nitrogens with zero attached hydrogens (tertiary/aromatic N) is 8. The Hall–Kier alpha value is -3.07. The molecule has 25 heavy (non-hydrogen) atoms. The Labute approximate surface area is 143 Å². The summed E-state index contributed by atoms with van der Waals surface area (Å²) in [7, 11) is 2.14. The van der Waals surface area contributed by atoms with Crippen LogP contribution in [0.5, 0.6) is 0 Å². The first-order chi connectivity index (χ1) is 12.3. The molecule has 0 bridgehead atoms. The lowest BCUT2D eigenvalue weighted by Gasteiger charge is -2.32. The second-order valence-corrected chi connectivity index (χ2v) is 6.25. The molecular formula is C16H17N9. The summed E-state index contributed by atoms with van der Waals surface area (Å²) in [6.07, 6.45) is 7.13. The van der Waals surface area contributed by atoms with E-state index in [-0.39, 0.29) is 0 Å². The van der Waals surface area contributed by atoms with Gasteiger partial charge in [-0.1, -0.05) is 0 Å². The summed E-state index contributed by atoms with van der Waals surface area (Å²) in [6.45, 7) is 3.91. The van der Waals surface area contributed by atoms with Crippen LogP contribution in [-0.4, -0.2) is 72.7 Å². The van der Waals surface area contributed by atoms with Gasteiger partial charge >= 0.3 is 0 Å². The zero-order valence-corrected chi connectivity index (χ0v) is 13.8. The first-order valence-electron chi connectivity index (χ1n) is 8.22. The molecule has 0 atom stereocenters. The SMILES string of the molecule is CN1CCN(c2nccc(-c3c[nH]c4ncc5nncn5c34)n2)CC1. The molecule has 4 aromatic rings. The average Bonchev–Trinajstić information content (AvgIpc) is 3.28. The summed E-state index contributed by atoms with van der Waals surface area (Å²) < 4.78 is 1.92. The predicted octanol–water partition coefficient (Wildman–Crippen LogP) is 0.814. The normalized spacial score (nSPS) is 16.1. The number of rotatable bonds is 2. The summed E-state index contributed by atoms with van der Waals surface area (Å²) in [5, 5.41) is 8.05. The highest BCUT2D eigenvalue weighted by Crippen LogP contribution is 2.27. The third-order valence-electron chi connectivity index (χ3n) is 4.66. The molecule has 9 nitrogen and oxygen atoms in total. The van der Waals surface area contributed by atoms with Gasteiger partial charge in [0.1, 0.15) is 11.8 Å². The van der Waals surface area contributed by atoms with Crippen LogP contribution in [-0.2, 0) is 0 Å². The van der Waals surface area contributed by atoms with Crippen LogP contribution in [0.15, 0.2) is 31.0 Å². The third-order valence-corrected chi connectivity index (χ3v) is 4.66. The molecule has 1 fully saturated rings. The molecule has 9 heteroatoms. The van der Waals surface area contributed by atoms with Crippen LogP contribution in [0.25, 0.3) is 28.1 Å². The number of likely N-dealkylation sites (N-methyl/N-ethyl adjacent to an activating group) is 1. The van der Waals surface area contributed by atoms with Gasteiger partial charge in [0.05, 0.1) is 11.9 Å². The van der Waals surface area contributed by atoms with Crippen LogP contribution >= 0.6 is 0 Å². The quantitative estimate of drug-likeness (QED) is 0.580. The molecule has 0 spiro atoms. The molecule has 1 saturated heterocycles. The van der Waals surface area contributed by atoms with Crippen molar-refractivity contribution in [1.82, 2.24) is 39.4 Å². The average molecular weight is 335 g/mol. The van der Waals surface area contributed by atoms with Crippen molar-refractivity contribution in [3.05, 3.63) is 31.0 Å². The van der Waals surface area contributed by atoms with Gasteiger partial charge in [-0.3, -0.25) is 4.40 Å². The van der Waals surface area contributed by atoms with E-state index in [9.17, 15) is 0 Å². The van der Waals surface area contributed by atoms with Gasteiger partial charge < -0.3 is 14.8 Å². The molecule has 0 aromatic carbocycles. The topological polar surface area (TPSA) is 91.1 Å². The van der Waals surface area contributed by atoms with Crippen molar-refractivity contribution in [2.45, 2.75) is 0 Å². The van der Waals surface area contributed by atoms with E-state index in [0.29, 0.717) is 5.65 Å². The number of piperazine rings is 1. The number of fused-ring (bicyclic) bond motifs is 3. The van der Waals surface area contributed by atoms with Gasteiger partial charge in [0, 0.05) is 44.1 Å². The van der Waals surface area contributed by atoms with Gasteiger partial charge in [0.15, 0.2) is 11.3 Å². The first-order valence-corrected chi connectivity index (χ1v) is 8.22. The molecule has 126 valence electrons. The maximum absolute atomic E-state index is 4.80. The number of H-pyrrole nitrogens is 1. The fourth-order valence-electron chi connectivity index (χ4n) is 3.23. The minimum Gasteiger partial charge on any atom is -0.344 e. The molecule has 5 heterocycles. The molecule has 0 unspecified atom stereocenters. The van der Waals surface area contributed by atoms with Gasteiger partial charge in [-0.25, -0.2) is 15.0 Å². The van der Waals surface area contributed by atoms with Crippen LogP contribution < -0.4 is 4.90 Å². The van der Waals surface area contributed by atoms with E-state index in [4.69, 9.17) is 4.98 Å². The number of aromatic nitrogens is 7. The minimum absolute atomic E-state index is 0.710. The Morgan fingerprint density at radius 3 is 2.88 bits per heavy atom. The lowest BCUT2D eigenvalue weighted by Crippen LogP contribution is -2.45. The van der Waals surface area contributed by atoms with Crippen molar-refractivity contribution in [2.75, 3.05) is 38.1 Å². The Bertz CT molecular complexity index is 1040.